The van der Waals surface area contributed by atoms with Crippen molar-refractivity contribution in [3.8, 4) is 5.75 Å². The first-order valence-corrected chi connectivity index (χ1v) is 9.48. The summed E-state index contributed by atoms with van der Waals surface area (Å²) in [5.41, 5.74) is 0.838. The minimum atomic E-state index is -0.569. The summed E-state index contributed by atoms with van der Waals surface area (Å²) in [5.74, 6) is 1.26. The molecule has 0 aliphatic rings. The smallest absolute Gasteiger partial charge is 0.410 e. The van der Waals surface area contributed by atoms with Crippen LogP contribution < -0.4 is 4.74 Å². The minimum Gasteiger partial charge on any atom is -0.496 e. The van der Waals surface area contributed by atoms with Crippen molar-refractivity contribution in [2.45, 2.75) is 32.5 Å². The number of nitrogens with zero attached hydrogens (tertiary/aromatic N) is 1. The van der Waals surface area contributed by atoms with Gasteiger partial charge in [0.25, 0.3) is 0 Å². The lowest BCUT2D eigenvalue weighted by molar-refractivity contribution is -0.0846. The molecule has 0 saturated carbocycles. The summed E-state index contributed by atoms with van der Waals surface area (Å²) >= 11 is 0. The Kier molecular flexibility index (Phi) is 9.27. The molecule has 0 N–H and O–H groups in total. The molecule has 29 heavy (non-hydrogen) atoms. The van der Waals surface area contributed by atoms with E-state index in [0.717, 1.165) is 5.56 Å². The first-order valence-electron chi connectivity index (χ1n) is 9.48. The monoisotopic (exact) mass is 403 g/mol. The Labute approximate surface area is 171 Å². The van der Waals surface area contributed by atoms with Crippen molar-refractivity contribution in [1.29, 1.82) is 0 Å². The summed E-state index contributed by atoms with van der Waals surface area (Å²) in [6, 6.07) is 10.6. The summed E-state index contributed by atoms with van der Waals surface area (Å²) < 4.78 is 27.4. The first kappa shape index (κ1) is 22.5. The van der Waals surface area contributed by atoms with Crippen LogP contribution in [0.15, 0.2) is 59.2 Å². The van der Waals surface area contributed by atoms with Crippen LogP contribution in [0.25, 0.3) is 0 Å². The van der Waals surface area contributed by atoms with Crippen molar-refractivity contribution in [1.82, 2.24) is 4.90 Å². The second kappa shape index (κ2) is 11.9. The highest BCUT2D eigenvalue weighted by atomic mass is 16.7. The van der Waals surface area contributed by atoms with Gasteiger partial charge in [0.2, 0.25) is 0 Å². The Bertz CT molecular complexity index is 758. The zero-order valence-electron chi connectivity index (χ0n) is 17.4. The molecule has 0 fully saturated rings. The van der Waals surface area contributed by atoms with Gasteiger partial charge in [-0.15, -0.1) is 0 Å². The second-order valence-corrected chi connectivity index (χ2v) is 6.16. The van der Waals surface area contributed by atoms with Crippen molar-refractivity contribution < 1.29 is 28.2 Å². The van der Waals surface area contributed by atoms with Gasteiger partial charge in [-0.25, -0.2) is 4.79 Å². The fourth-order valence-electron chi connectivity index (χ4n) is 3.04. The lowest BCUT2D eigenvalue weighted by Gasteiger charge is -2.34. The highest BCUT2D eigenvalue weighted by Crippen LogP contribution is 2.32. The molecule has 1 heterocycles. The summed E-state index contributed by atoms with van der Waals surface area (Å²) in [6.45, 7) is 4.22. The van der Waals surface area contributed by atoms with Crippen molar-refractivity contribution in [3.63, 3.8) is 0 Å². The number of hydrogen-bond acceptors (Lipinski definition) is 6. The van der Waals surface area contributed by atoms with Gasteiger partial charge < -0.3 is 23.4 Å². The quantitative estimate of drug-likeness (QED) is 0.405. The van der Waals surface area contributed by atoms with E-state index in [1.807, 2.05) is 49.4 Å². The predicted molar refractivity (Wildman–Crippen MR) is 109 cm³/mol. The van der Waals surface area contributed by atoms with E-state index in [2.05, 4.69) is 0 Å². The minimum absolute atomic E-state index is 0.0670. The van der Waals surface area contributed by atoms with Crippen molar-refractivity contribution in [2.75, 3.05) is 27.6 Å². The number of benzene rings is 1. The van der Waals surface area contributed by atoms with Gasteiger partial charge >= 0.3 is 6.09 Å². The molecule has 1 amide bonds. The molecule has 1 aromatic carbocycles. The highest BCUT2D eigenvalue weighted by Gasteiger charge is 2.35. The Morgan fingerprint density at radius 2 is 2.00 bits per heavy atom. The largest absolute Gasteiger partial charge is 0.496 e. The molecule has 0 unspecified atom stereocenters. The van der Waals surface area contributed by atoms with Crippen LogP contribution in [0.3, 0.4) is 0 Å². The van der Waals surface area contributed by atoms with Crippen LogP contribution in [-0.4, -0.2) is 44.7 Å². The second-order valence-electron chi connectivity index (χ2n) is 6.16. The molecule has 2 rings (SSSR count). The topological polar surface area (TPSA) is 70.4 Å². The Morgan fingerprint density at radius 1 is 1.21 bits per heavy atom. The van der Waals surface area contributed by atoms with Gasteiger partial charge in [0, 0.05) is 12.7 Å². The van der Waals surface area contributed by atoms with Crippen molar-refractivity contribution in [3.05, 3.63) is 66.1 Å². The number of carbonyl (C=O) groups is 1. The average Bonchev–Trinajstić information content (AvgIpc) is 3.26. The van der Waals surface area contributed by atoms with E-state index >= 15 is 0 Å². The number of ether oxygens (including phenoxy) is 4. The maximum atomic E-state index is 13.0. The van der Waals surface area contributed by atoms with E-state index in [-0.39, 0.29) is 19.9 Å². The predicted octanol–water partition coefficient (Wildman–Crippen LogP) is 4.55. The molecule has 0 saturated heterocycles. The number of carbonyl (C=O) groups excluding carboxylic acids is 1. The molecule has 0 aliphatic heterocycles. The number of para-hydroxylation sites is 1. The molecule has 7 nitrogen and oxygen atoms in total. The Hall–Kier alpha value is -2.77. The molecule has 0 bridgehead atoms. The van der Waals surface area contributed by atoms with Gasteiger partial charge in [0.05, 0.1) is 26.5 Å². The van der Waals surface area contributed by atoms with Gasteiger partial charge in [-0.2, -0.15) is 0 Å². The average molecular weight is 403 g/mol. The fraction of sp³-hybridized carbons (Fsp3) is 0.409. The molecular formula is C22H29NO6. The van der Waals surface area contributed by atoms with Crippen molar-refractivity contribution in [2.24, 2.45) is 0 Å². The van der Waals surface area contributed by atoms with E-state index in [4.69, 9.17) is 23.4 Å². The summed E-state index contributed by atoms with van der Waals surface area (Å²) in [4.78, 5) is 14.6. The van der Waals surface area contributed by atoms with Crippen LogP contribution >= 0.6 is 0 Å². The molecule has 2 aromatic rings. The van der Waals surface area contributed by atoms with Gasteiger partial charge in [0.15, 0.2) is 0 Å². The van der Waals surface area contributed by atoms with Gasteiger partial charge in [-0.1, -0.05) is 30.4 Å². The van der Waals surface area contributed by atoms with Crippen LogP contribution in [-0.2, 0) is 20.8 Å². The molecule has 158 valence electrons. The van der Waals surface area contributed by atoms with Gasteiger partial charge in [-0.05, 0) is 32.0 Å². The maximum absolute atomic E-state index is 13.0. The van der Waals surface area contributed by atoms with Crippen LogP contribution in [0.1, 0.15) is 31.2 Å². The first-order chi connectivity index (χ1) is 14.2. The fourth-order valence-corrected chi connectivity index (χ4v) is 3.04. The SMILES string of the molecule is C/C=C\[C@@H](OCOC)[C@H](c1ccco1)N(Cc1ccccc1OC)C(=O)OCC. The van der Waals surface area contributed by atoms with E-state index in [0.29, 0.717) is 11.5 Å². The Balaban J connectivity index is 2.49. The van der Waals surface area contributed by atoms with Crippen LogP contribution in [0.2, 0.25) is 0 Å². The molecule has 1 aromatic heterocycles. The zero-order valence-corrected chi connectivity index (χ0v) is 17.4. The lowest BCUT2D eigenvalue weighted by Crippen LogP contribution is -2.41. The summed E-state index contributed by atoms with van der Waals surface area (Å²) in [6.07, 6.45) is 4.31. The molecule has 0 spiro atoms. The third kappa shape index (κ3) is 6.10. The summed E-state index contributed by atoms with van der Waals surface area (Å²) in [5, 5.41) is 0. The number of methoxy groups -OCH3 is 2. The van der Waals surface area contributed by atoms with Gasteiger partial charge in [-0.3, -0.25) is 4.90 Å². The van der Waals surface area contributed by atoms with Crippen LogP contribution in [0.5, 0.6) is 5.75 Å². The third-order valence-corrected chi connectivity index (χ3v) is 4.28. The maximum Gasteiger partial charge on any atom is 0.410 e. The normalized spacial score (nSPS) is 13.2. The third-order valence-electron chi connectivity index (χ3n) is 4.28. The highest BCUT2D eigenvalue weighted by molar-refractivity contribution is 5.68. The standard InChI is InChI=1S/C22H29NO6/c1-5-10-19(29-16-25-3)21(20-13-9-14-28-20)23(22(24)27-6-2)15-17-11-7-8-12-18(17)26-4/h5,7-14,19,21H,6,15-16H2,1-4H3/b10-5-/t19-,21-/m1/s1. The molecule has 0 radical (unpaired) electrons. The zero-order chi connectivity index (χ0) is 21.1. The van der Waals surface area contributed by atoms with Crippen molar-refractivity contribution >= 4 is 6.09 Å². The molecule has 2 atom stereocenters. The molecule has 7 heteroatoms. The number of furan rings is 1. The number of allylic oxidation sites excluding steroid dienone is 1. The van der Waals surface area contributed by atoms with E-state index < -0.39 is 18.2 Å². The summed E-state index contributed by atoms with van der Waals surface area (Å²) in [7, 11) is 3.15. The lowest BCUT2D eigenvalue weighted by atomic mass is 10.0. The van der Waals surface area contributed by atoms with E-state index in [1.54, 1.807) is 38.4 Å². The van der Waals surface area contributed by atoms with E-state index in [1.165, 1.54) is 0 Å². The van der Waals surface area contributed by atoms with E-state index in [9.17, 15) is 4.79 Å². The molecular weight excluding hydrogens is 374 g/mol. The van der Waals surface area contributed by atoms with Gasteiger partial charge in [0.1, 0.15) is 30.4 Å². The molecule has 0 aliphatic carbocycles. The number of hydrogen-bond donors (Lipinski definition) is 0. The number of amides is 1. The Morgan fingerprint density at radius 3 is 2.62 bits per heavy atom. The number of rotatable bonds is 11. The van der Waals surface area contributed by atoms with Crippen LogP contribution in [0, 0.1) is 0 Å². The van der Waals surface area contributed by atoms with Crippen LogP contribution in [0.4, 0.5) is 4.79 Å².